The van der Waals surface area contributed by atoms with Crippen LogP contribution in [0.15, 0.2) is 4.99 Å². The van der Waals surface area contributed by atoms with Crippen LogP contribution in [0.4, 0.5) is 0 Å². The summed E-state index contributed by atoms with van der Waals surface area (Å²) < 4.78 is 0. The van der Waals surface area contributed by atoms with Crippen molar-refractivity contribution in [3.05, 3.63) is 0 Å². The van der Waals surface area contributed by atoms with Gasteiger partial charge in [-0.15, -0.1) is 11.8 Å². The van der Waals surface area contributed by atoms with Gasteiger partial charge in [-0.3, -0.25) is 4.99 Å². The molecule has 0 aliphatic carbocycles. The van der Waals surface area contributed by atoms with Gasteiger partial charge in [0.1, 0.15) is 0 Å². The Morgan fingerprint density at radius 2 is 2.62 bits per heavy atom. The van der Waals surface area contributed by atoms with E-state index in [1.165, 1.54) is 23.6 Å². The quantitative estimate of drug-likeness (QED) is 0.527. The summed E-state index contributed by atoms with van der Waals surface area (Å²) in [5, 5.41) is 1.37. The minimum absolute atomic E-state index is 1.07. The lowest BCUT2D eigenvalue weighted by atomic mass is 10.4. The summed E-state index contributed by atoms with van der Waals surface area (Å²) >= 11 is 1.89. The first-order chi connectivity index (χ1) is 3.93. The highest BCUT2D eigenvalue weighted by molar-refractivity contribution is 8.13. The van der Waals surface area contributed by atoms with Crippen molar-refractivity contribution in [1.82, 2.24) is 0 Å². The maximum atomic E-state index is 4.31. The normalized spacial score (nSPS) is 18.9. The van der Waals surface area contributed by atoms with Gasteiger partial charge >= 0.3 is 0 Å². The Balaban J connectivity index is 2.23. The van der Waals surface area contributed by atoms with Crippen LogP contribution in [0.1, 0.15) is 19.8 Å². The van der Waals surface area contributed by atoms with Crippen molar-refractivity contribution in [2.24, 2.45) is 4.99 Å². The number of aliphatic imine (C=N–C) groups is 1. The molecule has 0 amide bonds. The molecule has 0 saturated heterocycles. The van der Waals surface area contributed by atoms with Crippen molar-refractivity contribution >= 4 is 16.8 Å². The van der Waals surface area contributed by atoms with Crippen LogP contribution in [0.3, 0.4) is 0 Å². The molecule has 1 nitrogen and oxygen atoms in total. The fraction of sp³-hybridized carbons (Fsp3) is 0.833. The third kappa shape index (κ3) is 1.51. The highest BCUT2D eigenvalue weighted by atomic mass is 32.2. The van der Waals surface area contributed by atoms with Crippen LogP contribution in [0, 0.1) is 0 Å². The molecule has 0 spiro atoms. The molecule has 0 unspecified atom stereocenters. The Kier molecular flexibility index (Phi) is 2.40. The van der Waals surface area contributed by atoms with E-state index >= 15 is 0 Å². The van der Waals surface area contributed by atoms with Gasteiger partial charge in [0.2, 0.25) is 0 Å². The average molecular weight is 129 g/mol. The van der Waals surface area contributed by atoms with Crippen LogP contribution >= 0.6 is 11.8 Å². The number of thioether (sulfide) groups is 1. The van der Waals surface area contributed by atoms with E-state index in [0.29, 0.717) is 0 Å². The van der Waals surface area contributed by atoms with E-state index in [1.807, 2.05) is 11.8 Å². The molecule has 0 aromatic carbocycles. The molecular formula is C6H11NS. The summed E-state index contributed by atoms with van der Waals surface area (Å²) in [6.45, 7) is 3.24. The smallest absolute Gasteiger partial charge is 0.0676 e. The molecule has 0 radical (unpaired) electrons. The van der Waals surface area contributed by atoms with Gasteiger partial charge in [-0.1, -0.05) is 6.92 Å². The Morgan fingerprint density at radius 3 is 3.12 bits per heavy atom. The molecule has 1 aliphatic heterocycles. The molecule has 0 bridgehead atoms. The second-order valence-electron chi connectivity index (χ2n) is 1.81. The Bertz CT molecular complexity index is 98.7. The predicted octanol–water partition coefficient (Wildman–Crippen LogP) is 1.93. The summed E-state index contributed by atoms with van der Waals surface area (Å²) in [6.07, 6.45) is 2.51. The lowest BCUT2D eigenvalue weighted by Crippen LogP contribution is -1.83. The largest absolute Gasteiger partial charge is 0.283 e. The molecule has 0 aromatic rings. The number of rotatable bonds is 1. The van der Waals surface area contributed by atoms with Crippen molar-refractivity contribution in [1.29, 1.82) is 0 Å². The van der Waals surface area contributed by atoms with E-state index < -0.39 is 0 Å². The Labute approximate surface area is 54.6 Å². The third-order valence-corrected chi connectivity index (χ3v) is 2.10. The van der Waals surface area contributed by atoms with Crippen molar-refractivity contribution < 1.29 is 0 Å². The van der Waals surface area contributed by atoms with E-state index in [4.69, 9.17) is 0 Å². The highest BCUT2D eigenvalue weighted by Crippen LogP contribution is 2.14. The second-order valence-corrected chi connectivity index (χ2v) is 3.15. The van der Waals surface area contributed by atoms with Crippen LogP contribution in [0.25, 0.3) is 0 Å². The maximum absolute atomic E-state index is 4.31. The Morgan fingerprint density at radius 1 is 1.75 bits per heavy atom. The molecule has 0 atom stereocenters. The number of hydrogen-bond donors (Lipinski definition) is 0. The molecule has 0 aromatic heterocycles. The average Bonchev–Trinajstić information content (AvgIpc) is 2.19. The van der Waals surface area contributed by atoms with Gasteiger partial charge in [0.15, 0.2) is 0 Å². The van der Waals surface area contributed by atoms with Gasteiger partial charge in [0.05, 0.1) is 5.04 Å². The zero-order valence-electron chi connectivity index (χ0n) is 5.18. The monoisotopic (exact) mass is 129 g/mol. The lowest BCUT2D eigenvalue weighted by molar-refractivity contribution is 0.952. The number of hydrogen-bond acceptors (Lipinski definition) is 2. The molecule has 2 heteroatoms. The maximum Gasteiger partial charge on any atom is 0.0676 e. The molecule has 1 heterocycles. The summed E-state index contributed by atoms with van der Waals surface area (Å²) in [7, 11) is 0. The first-order valence-corrected chi connectivity index (χ1v) is 4.08. The van der Waals surface area contributed by atoms with Crippen molar-refractivity contribution in [2.75, 3.05) is 12.3 Å². The highest BCUT2D eigenvalue weighted by Gasteiger charge is 2.03. The van der Waals surface area contributed by atoms with Gasteiger partial charge in [-0.05, 0) is 18.6 Å². The minimum Gasteiger partial charge on any atom is -0.283 e. The van der Waals surface area contributed by atoms with Gasteiger partial charge in [0.25, 0.3) is 0 Å². The lowest BCUT2D eigenvalue weighted by Gasteiger charge is -1.91. The van der Waals surface area contributed by atoms with Crippen molar-refractivity contribution in [3.8, 4) is 0 Å². The molecule has 8 heavy (non-hydrogen) atoms. The summed E-state index contributed by atoms with van der Waals surface area (Å²) in [4.78, 5) is 4.31. The van der Waals surface area contributed by atoms with Crippen LogP contribution in [-0.2, 0) is 0 Å². The predicted molar refractivity (Wildman–Crippen MR) is 39.7 cm³/mol. The van der Waals surface area contributed by atoms with Crippen molar-refractivity contribution in [2.45, 2.75) is 19.8 Å². The van der Waals surface area contributed by atoms with Crippen LogP contribution in [0.5, 0.6) is 0 Å². The zero-order valence-corrected chi connectivity index (χ0v) is 6.00. The summed E-state index contributed by atoms with van der Waals surface area (Å²) in [6, 6.07) is 0. The molecule has 1 aliphatic rings. The van der Waals surface area contributed by atoms with E-state index in [0.717, 1.165) is 6.54 Å². The van der Waals surface area contributed by atoms with E-state index in [9.17, 15) is 0 Å². The molecular weight excluding hydrogens is 118 g/mol. The minimum atomic E-state index is 1.07. The molecule has 1 rings (SSSR count). The molecule has 0 saturated carbocycles. The van der Waals surface area contributed by atoms with Gasteiger partial charge < -0.3 is 0 Å². The van der Waals surface area contributed by atoms with Crippen LogP contribution < -0.4 is 0 Å². The molecule has 46 valence electrons. The first kappa shape index (κ1) is 6.14. The third-order valence-electron chi connectivity index (χ3n) is 1.15. The van der Waals surface area contributed by atoms with E-state index in [2.05, 4.69) is 11.9 Å². The van der Waals surface area contributed by atoms with Gasteiger partial charge in [-0.25, -0.2) is 0 Å². The zero-order chi connectivity index (χ0) is 5.82. The topological polar surface area (TPSA) is 12.4 Å². The van der Waals surface area contributed by atoms with E-state index in [1.54, 1.807) is 0 Å². The van der Waals surface area contributed by atoms with Gasteiger partial charge in [0, 0.05) is 6.54 Å². The summed E-state index contributed by atoms with van der Waals surface area (Å²) in [5.74, 6) is 1.18. The fourth-order valence-electron chi connectivity index (χ4n) is 0.798. The van der Waals surface area contributed by atoms with Crippen LogP contribution in [-0.4, -0.2) is 17.3 Å². The first-order valence-electron chi connectivity index (χ1n) is 3.09. The van der Waals surface area contributed by atoms with Crippen molar-refractivity contribution in [3.63, 3.8) is 0 Å². The number of nitrogens with zero attached hydrogens (tertiary/aromatic N) is 1. The summed E-state index contributed by atoms with van der Waals surface area (Å²) in [5.41, 5.74) is 0. The molecule has 0 N–H and O–H groups in total. The molecule has 0 fully saturated rings. The van der Waals surface area contributed by atoms with E-state index in [-0.39, 0.29) is 0 Å². The second kappa shape index (κ2) is 3.13. The van der Waals surface area contributed by atoms with Crippen LogP contribution in [0.2, 0.25) is 0 Å². The SMILES string of the molecule is CCSC1=NCCC1. The Hall–Kier alpha value is 0.0200. The van der Waals surface area contributed by atoms with Gasteiger partial charge in [-0.2, -0.15) is 0 Å². The fourth-order valence-corrected chi connectivity index (χ4v) is 1.60. The standard InChI is InChI=1S/C6H11NS/c1-2-8-6-4-3-5-7-6/h2-5H2,1H3.